The Hall–Kier alpha value is -2.06. The van der Waals surface area contributed by atoms with Gasteiger partial charge in [0, 0.05) is 24.0 Å². The van der Waals surface area contributed by atoms with E-state index >= 15 is 0 Å². The second-order valence-corrected chi connectivity index (χ2v) is 7.65. The largest absolute Gasteiger partial charge is 0.337 e. The third kappa shape index (κ3) is 4.52. The molecule has 0 aliphatic carbocycles. The Morgan fingerprint density at radius 1 is 1.04 bits per heavy atom. The lowest BCUT2D eigenvalue weighted by atomic mass is 9.71. The molecule has 0 bridgehead atoms. The summed E-state index contributed by atoms with van der Waals surface area (Å²) in [7, 11) is 0. The molecule has 2 nitrogen and oxygen atoms in total. The lowest BCUT2D eigenvalue weighted by Crippen LogP contribution is -2.32. The molecular formula is C22H25ClN2. The topological polar surface area (TPSA) is 17.8 Å². The van der Waals surface area contributed by atoms with Gasteiger partial charge in [0.05, 0.1) is 6.33 Å². The Kier molecular flexibility index (Phi) is 5.60. The van der Waals surface area contributed by atoms with Crippen molar-refractivity contribution in [3.05, 3.63) is 89.5 Å². The summed E-state index contributed by atoms with van der Waals surface area (Å²) in [6, 6.07) is 19.0. The van der Waals surface area contributed by atoms with Crippen LogP contribution in [0.1, 0.15) is 31.4 Å². The summed E-state index contributed by atoms with van der Waals surface area (Å²) in [5.41, 5.74) is 2.80. The van der Waals surface area contributed by atoms with E-state index in [9.17, 15) is 0 Å². The molecule has 1 heterocycles. The van der Waals surface area contributed by atoms with Crippen molar-refractivity contribution < 1.29 is 0 Å². The first kappa shape index (κ1) is 17.8. The van der Waals surface area contributed by atoms with Gasteiger partial charge >= 0.3 is 0 Å². The van der Waals surface area contributed by atoms with E-state index in [2.05, 4.69) is 72.1 Å². The van der Waals surface area contributed by atoms with Gasteiger partial charge in [0.1, 0.15) is 0 Å². The Morgan fingerprint density at radius 2 is 1.76 bits per heavy atom. The number of rotatable bonds is 7. The van der Waals surface area contributed by atoms with Crippen LogP contribution in [0, 0.1) is 5.92 Å². The van der Waals surface area contributed by atoms with Crippen molar-refractivity contribution >= 4 is 11.6 Å². The lowest BCUT2D eigenvalue weighted by Gasteiger charge is -2.35. The lowest BCUT2D eigenvalue weighted by molar-refractivity contribution is 0.262. The van der Waals surface area contributed by atoms with Crippen molar-refractivity contribution in [3.8, 4) is 0 Å². The minimum atomic E-state index is 0.0813. The molecule has 0 amide bonds. The monoisotopic (exact) mass is 352 g/mol. The number of nitrogens with zero attached hydrogens (tertiary/aromatic N) is 2. The van der Waals surface area contributed by atoms with Crippen molar-refractivity contribution in [2.75, 3.05) is 0 Å². The molecule has 0 saturated heterocycles. The van der Waals surface area contributed by atoms with Crippen molar-refractivity contribution in [2.45, 2.75) is 38.6 Å². The smallest absolute Gasteiger partial charge is 0.0946 e. The zero-order valence-electron chi connectivity index (χ0n) is 14.9. The first-order valence-corrected chi connectivity index (χ1v) is 9.19. The molecule has 0 saturated carbocycles. The third-order valence-corrected chi connectivity index (χ3v) is 5.48. The molecular weight excluding hydrogens is 328 g/mol. The van der Waals surface area contributed by atoms with Crippen LogP contribution >= 0.6 is 11.6 Å². The van der Waals surface area contributed by atoms with E-state index in [1.54, 1.807) is 0 Å². The summed E-state index contributed by atoms with van der Waals surface area (Å²) in [6.07, 6.45) is 7.98. The molecule has 1 atom stereocenters. The van der Waals surface area contributed by atoms with E-state index in [-0.39, 0.29) is 5.41 Å². The van der Waals surface area contributed by atoms with Crippen LogP contribution in [0.15, 0.2) is 73.3 Å². The average molecular weight is 353 g/mol. The maximum Gasteiger partial charge on any atom is 0.0946 e. The minimum Gasteiger partial charge on any atom is -0.337 e. The van der Waals surface area contributed by atoms with Gasteiger partial charge in [-0.05, 0) is 47.4 Å². The molecule has 0 spiro atoms. The quantitative estimate of drug-likeness (QED) is 0.528. The molecule has 3 rings (SSSR count). The molecule has 25 heavy (non-hydrogen) atoms. The second-order valence-electron chi connectivity index (χ2n) is 7.21. The Bertz CT molecular complexity index is 762. The van der Waals surface area contributed by atoms with Crippen LogP contribution in [0.5, 0.6) is 0 Å². The highest BCUT2D eigenvalue weighted by atomic mass is 35.5. The zero-order valence-corrected chi connectivity index (χ0v) is 15.7. The van der Waals surface area contributed by atoms with Gasteiger partial charge in [0.25, 0.3) is 0 Å². The molecule has 130 valence electrons. The number of halogens is 1. The SMILES string of the molecule is CC(C)(c1ccccc1)C(CCc1ccc(Cl)cc1)Cn1ccnc1. The van der Waals surface area contributed by atoms with E-state index < -0.39 is 0 Å². The summed E-state index contributed by atoms with van der Waals surface area (Å²) in [4.78, 5) is 4.21. The van der Waals surface area contributed by atoms with Crippen LogP contribution in [0.3, 0.4) is 0 Å². The van der Waals surface area contributed by atoms with Gasteiger partial charge in [0.2, 0.25) is 0 Å². The number of aromatic nitrogens is 2. The first-order chi connectivity index (χ1) is 12.1. The summed E-state index contributed by atoms with van der Waals surface area (Å²) < 4.78 is 2.19. The van der Waals surface area contributed by atoms with E-state index in [4.69, 9.17) is 11.6 Å². The van der Waals surface area contributed by atoms with Gasteiger partial charge in [-0.2, -0.15) is 0 Å². The molecule has 1 unspecified atom stereocenters. The van der Waals surface area contributed by atoms with Crippen molar-refractivity contribution in [1.29, 1.82) is 0 Å². The zero-order chi connectivity index (χ0) is 17.7. The van der Waals surface area contributed by atoms with Gasteiger partial charge in [-0.25, -0.2) is 4.98 Å². The number of hydrogen-bond acceptors (Lipinski definition) is 1. The van der Waals surface area contributed by atoms with Gasteiger partial charge in [-0.1, -0.05) is 67.9 Å². The molecule has 1 aromatic heterocycles. The summed E-state index contributed by atoms with van der Waals surface area (Å²) >= 11 is 6.01. The van der Waals surface area contributed by atoms with E-state index in [0.29, 0.717) is 5.92 Å². The van der Waals surface area contributed by atoms with Gasteiger partial charge in [0.15, 0.2) is 0 Å². The molecule has 2 aromatic carbocycles. The third-order valence-electron chi connectivity index (χ3n) is 5.22. The maximum absolute atomic E-state index is 6.01. The predicted molar refractivity (Wildman–Crippen MR) is 105 cm³/mol. The maximum atomic E-state index is 6.01. The van der Waals surface area contributed by atoms with Crippen molar-refractivity contribution in [3.63, 3.8) is 0 Å². The van der Waals surface area contributed by atoms with Crippen molar-refractivity contribution in [1.82, 2.24) is 9.55 Å². The Morgan fingerprint density at radius 3 is 2.40 bits per heavy atom. The number of hydrogen-bond donors (Lipinski definition) is 0. The fraction of sp³-hybridized carbons (Fsp3) is 0.318. The highest BCUT2D eigenvalue weighted by molar-refractivity contribution is 6.30. The first-order valence-electron chi connectivity index (χ1n) is 8.81. The normalized spacial score (nSPS) is 12.9. The van der Waals surface area contributed by atoms with Crippen LogP contribution in [0.2, 0.25) is 5.02 Å². The fourth-order valence-corrected chi connectivity index (χ4v) is 3.55. The summed E-state index contributed by atoms with van der Waals surface area (Å²) in [5.74, 6) is 0.500. The van der Waals surface area contributed by atoms with E-state index in [0.717, 1.165) is 24.4 Å². The van der Waals surface area contributed by atoms with Crippen molar-refractivity contribution in [2.24, 2.45) is 5.92 Å². The Labute approximate surface area is 155 Å². The highest BCUT2D eigenvalue weighted by Crippen LogP contribution is 2.35. The van der Waals surface area contributed by atoms with Gasteiger partial charge in [-0.15, -0.1) is 0 Å². The minimum absolute atomic E-state index is 0.0813. The van der Waals surface area contributed by atoms with Crippen LogP contribution in [-0.4, -0.2) is 9.55 Å². The Balaban J connectivity index is 1.80. The van der Waals surface area contributed by atoms with Crippen LogP contribution in [-0.2, 0) is 18.4 Å². The van der Waals surface area contributed by atoms with Crippen LogP contribution in [0.4, 0.5) is 0 Å². The van der Waals surface area contributed by atoms with E-state index in [1.165, 1.54) is 11.1 Å². The van der Waals surface area contributed by atoms with Gasteiger partial charge in [-0.3, -0.25) is 0 Å². The number of aryl methyl sites for hydroxylation is 1. The van der Waals surface area contributed by atoms with Crippen LogP contribution < -0.4 is 0 Å². The second kappa shape index (κ2) is 7.88. The highest BCUT2D eigenvalue weighted by Gasteiger charge is 2.31. The van der Waals surface area contributed by atoms with E-state index in [1.807, 2.05) is 24.7 Å². The van der Waals surface area contributed by atoms with Crippen LogP contribution in [0.25, 0.3) is 0 Å². The molecule has 0 fully saturated rings. The number of benzene rings is 2. The summed E-state index contributed by atoms with van der Waals surface area (Å²) in [5, 5.41) is 0.795. The predicted octanol–water partition coefficient (Wildman–Crippen LogP) is 5.76. The molecule has 0 radical (unpaired) electrons. The van der Waals surface area contributed by atoms with Gasteiger partial charge < -0.3 is 4.57 Å². The molecule has 0 N–H and O–H groups in total. The molecule has 0 aliphatic heterocycles. The summed E-state index contributed by atoms with van der Waals surface area (Å²) in [6.45, 7) is 5.67. The number of imidazole rings is 1. The molecule has 3 aromatic rings. The average Bonchev–Trinajstić information content (AvgIpc) is 3.14. The standard InChI is InChI=1S/C22H25ClN2/c1-22(2,19-6-4-3-5-7-19)20(16-25-15-14-24-17-25)11-8-18-9-12-21(23)13-10-18/h3-7,9-10,12-15,17,20H,8,11,16H2,1-2H3. The molecule has 3 heteroatoms. The molecule has 0 aliphatic rings. The fourth-order valence-electron chi connectivity index (χ4n) is 3.42.